The number of fused-ring (bicyclic) bond motifs is 1. The van der Waals surface area contributed by atoms with Gasteiger partial charge in [-0.3, -0.25) is 19.3 Å². The molecule has 2 aliphatic heterocycles. The van der Waals surface area contributed by atoms with E-state index in [1.165, 1.54) is 38.1 Å². The molecular formula is C22H26N4O10S. The molecule has 14 nitrogen and oxygen atoms in total. The molecule has 37 heavy (non-hydrogen) atoms. The van der Waals surface area contributed by atoms with Crippen LogP contribution in [0.15, 0.2) is 39.2 Å². The van der Waals surface area contributed by atoms with Crippen molar-refractivity contribution in [1.29, 1.82) is 0 Å². The summed E-state index contributed by atoms with van der Waals surface area (Å²) in [4.78, 5) is 67.5. The first kappa shape index (κ1) is 27.6. The van der Waals surface area contributed by atoms with Crippen LogP contribution >= 0.6 is 11.8 Å². The zero-order valence-corrected chi connectivity index (χ0v) is 21.1. The van der Waals surface area contributed by atoms with Crippen LogP contribution in [0.2, 0.25) is 0 Å². The van der Waals surface area contributed by atoms with Crippen LogP contribution in [0.25, 0.3) is 0 Å². The van der Waals surface area contributed by atoms with Crippen molar-refractivity contribution in [1.82, 2.24) is 10.2 Å². The number of furan rings is 1. The van der Waals surface area contributed by atoms with Crippen molar-refractivity contribution in [2.75, 3.05) is 19.5 Å². The summed E-state index contributed by atoms with van der Waals surface area (Å²) in [5, 5.41) is 5.56. The number of nitrogens with two attached hydrogens (primary N) is 1. The minimum Gasteiger partial charge on any atom is -0.462 e. The molecule has 0 spiro atoms. The lowest BCUT2D eigenvalue weighted by Gasteiger charge is -2.49. The average molecular weight is 539 g/mol. The van der Waals surface area contributed by atoms with Gasteiger partial charge in [0.2, 0.25) is 12.0 Å². The summed E-state index contributed by atoms with van der Waals surface area (Å²) in [6.07, 6.45) is -0.134. The molecule has 0 aliphatic carbocycles. The van der Waals surface area contributed by atoms with Gasteiger partial charge in [0, 0.05) is 24.7 Å². The highest BCUT2D eigenvalue weighted by molar-refractivity contribution is 8.00. The van der Waals surface area contributed by atoms with E-state index in [4.69, 9.17) is 29.2 Å². The zero-order chi connectivity index (χ0) is 27.1. The van der Waals surface area contributed by atoms with E-state index < -0.39 is 47.6 Å². The Labute approximate surface area is 215 Å². The lowest BCUT2D eigenvalue weighted by Crippen LogP contribution is -2.71. The van der Waals surface area contributed by atoms with Gasteiger partial charge < -0.3 is 34.5 Å². The van der Waals surface area contributed by atoms with Gasteiger partial charge in [0.25, 0.3) is 11.8 Å². The molecular weight excluding hydrogens is 512 g/mol. The molecule has 3 heterocycles. The fraction of sp³-hybridized carbons (Fsp3) is 0.455. The zero-order valence-electron chi connectivity index (χ0n) is 20.3. The SMILES string of the molecule is CCCC(OC(C)=O)OC(=O)C1=C(COC(N)=O)CS[C@@H]2[C@H](NC(=O)/C(=N\OC)c3ccco3)C(=O)N12. The first-order chi connectivity index (χ1) is 17.7. The van der Waals surface area contributed by atoms with Gasteiger partial charge in [-0.2, -0.15) is 0 Å². The lowest BCUT2D eigenvalue weighted by molar-refractivity contribution is -0.187. The van der Waals surface area contributed by atoms with Crippen LogP contribution in [0, 0.1) is 0 Å². The summed E-state index contributed by atoms with van der Waals surface area (Å²) < 4.78 is 20.4. The summed E-state index contributed by atoms with van der Waals surface area (Å²) >= 11 is 1.22. The molecule has 1 fully saturated rings. The summed E-state index contributed by atoms with van der Waals surface area (Å²) in [5.41, 5.74) is 4.96. The minimum atomic E-state index is -1.18. The van der Waals surface area contributed by atoms with Gasteiger partial charge in [-0.1, -0.05) is 12.1 Å². The number of hydrogen-bond donors (Lipinski definition) is 2. The van der Waals surface area contributed by atoms with Crippen molar-refractivity contribution in [3.8, 4) is 0 Å². The summed E-state index contributed by atoms with van der Waals surface area (Å²) in [6.45, 7) is 2.61. The number of β-lactam (4-membered cyclic amide) rings is 1. The van der Waals surface area contributed by atoms with E-state index in [9.17, 15) is 24.0 Å². The van der Waals surface area contributed by atoms with Crippen LogP contribution in [-0.2, 0) is 38.2 Å². The molecule has 0 saturated carbocycles. The largest absolute Gasteiger partial charge is 0.462 e. The normalized spacial score (nSPS) is 19.8. The van der Waals surface area contributed by atoms with Gasteiger partial charge in [-0.15, -0.1) is 11.8 Å². The maximum Gasteiger partial charge on any atom is 0.404 e. The molecule has 1 aromatic rings. The number of esters is 2. The van der Waals surface area contributed by atoms with Crippen molar-refractivity contribution in [3.63, 3.8) is 0 Å². The monoisotopic (exact) mass is 538 g/mol. The molecule has 0 aromatic carbocycles. The summed E-state index contributed by atoms with van der Waals surface area (Å²) in [6, 6.07) is 2.04. The van der Waals surface area contributed by atoms with Gasteiger partial charge in [0.05, 0.1) is 6.26 Å². The Balaban J connectivity index is 1.82. The van der Waals surface area contributed by atoms with Gasteiger partial charge in [-0.25, -0.2) is 9.59 Å². The Morgan fingerprint density at radius 1 is 1.32 bits per heavy atom. The fourth-order valence-corrected chi connectivity index (χ4v) is 4.92. The molecule has 0 bridgehead atoms. The molecule has 0 radical (unpaired) electrons. The number of amides is 3. The van der Waals surface area contributed by atoms with E-state index in [0.29, 0.717) is 6.42 Å². The molecule has 1 unspecified atom stereocenters. The molecule has 2 aliphatic rings. The summed E-state index contributed by atoms with van der Waals surface area (Å²) in [7, 11) is 1.25. The molecule has 1 saturated heterocycles. The minimum absolute atomic E-state index is 0.127. The Hall–Kier alpha value is -4.01. The molecule has 15 heteroatoms. The van der Waals surface area contributed by atoms with Gasteiger partial charge >= 0.3 is 18.0 Å². The van der Waals surface area contributed by atoms with Crippen molar-refractivity contribution in [2.45, 2.75) is 44.4 Å². The number of nitrogens with zero attached hydrogens (tertiary/aromatic N) is 2. The quantitative estimate of drug-likeness (QED) is 0.132. The number of oxime groups is 1. The smallest absolute Gasteiger partial charge is 0.404 e. The maximum atomic E-state index is 13.2. The van der Waals surface area contributed by atoms with E-state index in [1.54, 1.807) is 13.0 Å². The average Bonchev–Trinajstić information content (AvgIpc) is 3.37. The predicted octanol–water partition coefficient (Wildman–Crippen LogP) is 0.612. The number of rotatable bonds is 11. The number of thioether (sulfide) groups is 1. The topological polar surface area (TPSA) is 189 Å². The third kappa shape index (κ3) is 6.41. The standard InChI is InChI=1S/C22H26N4O10S/c1-4-6-14(35-11(2)27)36-21(30)17-12(9-34-22(23)31)10-37-20-16(19(29)26(17)20)24-18(28)15(25-32-3)13-7-5-8-33-13/h5,7-8,14,16,20H,4,6,9-10H2,1-3H3,(H2,23,31)(H,24,28)/b25-15-/t14?,16-,20-/m1/s1. The highest BCUT2D eigenvalue weighted by Gasteiger charge is 2.55. The molecule has 3 N–H and O–H groups in total. The Bertz CT molecular complexity index is 1120. The van der Waals surface area contributed by atoms with Gasteiger partial charge in [0.15, 0.2) is 5.76 Å². The molecule has 200 valence electrons. The van der Waals surface area contributed by atoms with Crippen LogP contribution in [0.5, 0.6) is 0 Å². The first-order valence-electron chi connectivity index (χ1n) is 11.1. The Morgan fingerprint density at radius 2 is 2.08 bits per heavy atom. The second-order valence-corrected chi connectivity index (χ2v) is 8.86. The highest BCUT2D eigenvalue weighted by Crippen LogP contribution is 2.41. The highest BCUT2D eigenvalue weighted by atomic mass is 32.2. The van der Waals surface area contributed by atoms with Crippen LogP contribution < -0.4 is 11.1 Å². The second-order valence-electron chi connectivity index (χ2n) is 7.75. The fourth-order valence-electron chi connectivity index (χ4n) is 3.59. The number of nitrogens with one attached hydrogen (secondary N) is 1. The number of primary amides is 1. The van der Waals surface area contributed by atoms with Crippen LogP contribution in [-0.4, -0.2) is 77.6 Å². The lowest BCUT2D eigenvalue weighted by atomic mass is 10.0. The Morgan fingerprint density at radius 3 is 2.68 bits per heavy atom. The van der Waals surface area contributed by atoms with Crippen molar-refractivity contribution in [2.24, 2.45) is 10.9 Å². The number of carbonyl (C=O) groups is 5. The number of hydrogen-bond acceptors (Lipinski definition) is 12. The molecule has 3 atom stereocenters. The van der Waals surface area contributed by atoms with Crippen molar-refractivity contribution in [3.05, 3.63) is 35.4 Å². The van der Waals surface area contributed by atoms with Crippen LogP contribution in [0.1, 0.15) is 32.4 Å². The number of ether oxygens (including phenoxy) is 3. The third-order valence-corrected chi connectivity index (χ3v) is 6.47. The van der Waals surface area contributed by atoms with Crippen LogP contribution in [0.4, 0.5) is 4.79 Å². The van der Waals surface area contributed by atoms with Gasteiger partial charge in [-0.05, 0) is 18.6 Å². The summed E-state index contributed by atoms with van der Waals surface area (Å²) in [5.74, 6) is -2.68. The number of carbonyl (C=O) groups excluding carboxylic acids is 5. The Kier molecular flexibility index (Phi) is 9.16. The first-order valence-corrected chi connectivity index (χ1v) is 12.2. The van der Waals surface area contributed by atoms with E-state index in [2.05, 4.69) is 10.5 Å². The van der Waals surface area contributed by atoms with Crippen molar-refractivity contribution < 1.29 is 47.4 Å². The van der Waals surface area contributed by atoms with E-state index in [-0.39, 0.29) is 41.5 Å². The predicted molar refractivity (Wildman–Crippen MR) is 126 cm³/mol. The van der Waals surface area contributed by atoms with E-state index in [1.807, 2.05) is 0 Å². The van der Waals surface area contributed by atoms with Crippen LogP contribution in [0.3, 0.4) is 0 Å². The third-order valence-electron chi connectivity index (χ3n) is 5.13. The molecule has 1 aromatic heterocycles. The van der Waals surface area contributed by atoms with E-state index >= 15 is 0 Å². The van der Waals surface area contributed by atoms with Gasteiger partial charge in [0.1, 0.15) is 30.8 Å². The molecule has 3 amide bonds. The van der Waals surface area contributed by atoms with Crippen molar-refractivity contribution >= 4 is 47.3 Å². The maximum absolute atomic E-state index is 13.2. The van der Waals surface area contributed by atoms with E-state index in [0.717, 1.165) is 4.90 Å². The molecule has 3 rings (SSSR count). The second kappa shape index (κ2) is 12.3.